The van der Waals surface area contributed by atoms with Crippen LogP contribution in [0, 0.1) is 5.82 Å². The molecule has 0 heterocycles. The van der Waals surface area contributed by atoms with Crippen molar-refractivity contribution >= 4 is 17.5 Å². The average molecular weight is 513 g/mol. The fourth-order valence-corrected chi connectivity index (χ4v) is 4.19. The maximum Gasteiger partial charge on any atom is 0.251 e. The monoisotopic (exact) mass is 512 g/mol. The molecular weight excluding hydrogens is 483 g/mol. The molecule has 0 spiro atoms. The number of benzene rings is 4. The van der Waals surface area contributed by atoms with E-state index < -0.39 is 11.9 Å². The molecule has 4 rings (SSSR count). The molecule has 6 nitrogen and oxygen atoms in total. The van der Waals surface area contributed by atoms with Crippen LogP contribution in [0.25, 0.3) is 0 Å². The van der Waals surface area contributed by atoms with Gasteiger partial charge in [0.2, 0.25) is 5.91 Å². The molecule has 0 saturated heterocycles. The Bertz CT molecular complexity index is 1360. The first-order valence-electron chi connectivity index (χ1n) is 12.1. The standard InChI is InChI=1S/C31H29FN2O4/c1-37-26-17-18-27(28(20-26)38-2)33-31(36)30(24-11-7-4-8-12-24)34(21-23-13-15-25(32)16-14-23)29(35)19-22-9-5-3-6-10-22/h3-18,20,30H,19,21H2,1-2H3,(H,33,36). The molecule has 38 heavy (non-hydrogen) atoms. The summed E-state index contributed by atoms with van der Waals surface area (Å²) in [6, 6.07) is 28.5. The molecule has 0 fully saturated rings. The van der Waals surface area contributed by atoms with Crippen molar-refractivity contribution in [1.29, 1.82) is 0 Å². The number of ether oxygens (including phenoxy) is 2. The van der Waals surface area contributed by atoms with Crippen LogP contribution in [-0.2, 0) is 22.6 Å². The fraction of sp³-hybridized carbons (Fsp3) is 0.161. The van der Waals surface area contributed by atoms with Crippen molar-refractivity contribution in [1.82, 2.24) is 4.90 Å². The number of nitrogens with one attached hydrogen (secondary N) is 1. The van der Waals surface area contributed by atoms with E-state index in [2.05, 4.69) is 5.32 Å². The van der Waals surface area contributed by atoms with Crippen molar-refractivity contribution in [3.63, 3.8) is 0 Å². The summed E-state index contributed by atoms with van der Waals surface area (Å²) >= 11 is 0. The number of carbonyl (C=O) groups excluding carboxylic acids is 2. The van der Waals surface area contributed by atoms with Crippen LogP contribution < -0.4 is 14.8 Å². The van der Waals surface area contributed by atoms with Gasteiger partial charge in [0.05, 0.1) is 26.3 Å². The normalized spacial score (nSPS) is 11.3. The lowest BCUT2D eigenvalue weighted by atomic mass is 10.0. The number of halogens is 1. The van der Waals surface area contributed by atoms with Gasteiger partial charge in [0.15, 0.2) is 0 Å². The number of amides is 2. The minimum Gasteiger partial charge on any atom is -0.497 e. The van der Waals surface area contributed by atoms with E-state index in [4.69, 9.17) is 9.47 Å². The lowest BCUT2D eigenvalue weighted by Crippen LogP contribution is -2.41. The molecule has 7 heteroatoms. The van der Waals surface area contributed by atoms with Crippen molar-refractivity contribution in [2.75, 3.05) is 19.5 Å². The van der Waals surface area contributed by atoms with Gasteiger partial charge < -0.3 is 19.7 Å². The first kappa shape index (κ1) is 26.4. The summed E-state index contributed by atoms with van der Waals surface area (Å²) in [5.41, 5.74) is 2.60. The number of nitrogens with zero attached hydrogens (tertiary/aromatic N) is 1. The summed E-state index contributed by atoms with van der Waals surface area (Å²) in [5.74, 6) is -0.0325. The molecule has 4 aromatic carbocycles. The van der Waals surface area contributed by atoms with Gasteiger partial charge in [-0.05, 0) is 41.0 Å². The van der Waals surface area contributed by atoms with E-state index in [1.807, 2.05) is 60.7 Å². The molecule has 1 N–H and O–H groups in total. The Kier molecular flexibility index (Phi) is 8.72. The second-order valence-electron chi connectivity index (χ2n) is 8.68. The summed E-state index contributed by atoms with van der Waals surface area (Å²) in [7, 11) is 3.05. The van der Waals surface area contributed by atoms with Gasteiger partial charge in [0.25, 0.3) is 5.91 Å². The number of anilines is 1. The Morgan fingerprint density at radius 3 is 2.11 bits per heavy atom. The van der Waals surface area contributed by atoms with Gasteiger partial charge >= 0.3 is 0 Å². The van der Waals surface area contributed by atoms with Crippen LogP contribution >= 0.6 is 0 Å². The smallest absolute Gasteiger partial charge is 0.251 e. The summed E-state index contributed by atoms with van der Waals surface area (Å²) < 4.78 is 24.3. The van der Waals surface area contributed by atoms with Crippen molar-refractivity contribution in [2.24, 2.45) is 0 Å². The summed E-state index contributed by atoms with van der Waals surface area (Å²) in [6.07, 6.45) is 0.102. The molecular formula is C31H29FN2O4. The lowest BCUT2D eigenvalue weighted by molar-refractivity contribution is -0.139. The highest BCUT2D eigenvalue weighted by atomic mass is 19.1. The number of hydrogen-bond donors (Lipinski definition) is 1. The summed E-state index contributed by atoms with van der Waals surface area (Å²) in [4.78, 5) is 29.2. The van der Waals surface area contributed by atoms with Gasteiger partial charge in [-0.2, -0.15) is 0 Å². The van der Waals surface area contributed by atoms with E-state index in [0.717, 1.165) is 5.56 Å². The SMILES string of the molecule is COc1ccc(NC(=O)C(c2ccccc2)N(Cc2ccc(F)cc2)C(=O)Cc2ccccc2)c(OC)c1. The maximum absolute atomic E-state index is 13.9. The average Bonchev–Trinajstić information content (AvgIpc) is 2.95. The van der Waals surface area contributed by atoms with Crippen molar-refractivity contribution in [3.8, 4) is 11.5 Å². The lowest BCUT2D eigenvalue weighted by Gasteiger charge is -2.32. The van der Waals surface area contributed by atoms with Crippen LogP contribution in [0.2, 0.25) is 0 Å². The van der Waals surface area contributed by atoms with Crippen molar-refractivity contribution in [2.45, 2.75) is 19.0 Å². The molecule has 194 valence electrons. The largest absolute Gasteiger partial charge is 0.497 e. The molecule has 0 aliphatic rings. The van der Waals surface area contributed by atoms with Gasteiger partial charge in [-0.15, -0.1) is 0 Å². The van der Waals surface area contributed by atoms with Gasteiger partial charge in [-0.1, -0.05) is 72.8 Å². The minimum absolute atomic E-state index is 0.102. The van der Waals surface area contributed by atoms with E-state index in [0.29, 0.717) is 28.3 Å². The van der Waals surface area contributed by atoms with Crippen molar-refractivity contribution in [3.05, 3.63) is 126 Å². The van der Waals surface area contributed by atoms with Crippen LogP contribution in [0.4, 0.5) is 10.1 Å². The van der Waals surface area contributed by atoms with Crippen LogP contribution in [-0.4, -0.2) is 30.9 Å². The third kappa shape index (κ3) is 6.56. The Morgan fingerprint density at radius 1 is 0.816 bits per heavy atom. The van der Waals surface area contributed by atoms with E-state index in [1.54, 1.807) is 37.4 Å². The maximum atomic E-state index is 13.9. The van der Waals surface area contributed by atoms with Gasteiger partial charge in [-0.3, -0.25) is 9.59 Å². The van der Waals surface area contributed by atoms with Crippen LogP contribution in [0.5, 0.6) is 11.5 Å². The molecule has 0 bridgehead atoms. The second-order valence-corrected chi connectivity index (χ2v) is 8.68. The first-order chi connectivity index (χ1) is 18.5. The zero-order chi connectivity index (χ0) is 26.9. The number of carbonyl (C=O) groups is 2. The third-order valence-electron chi connectivity index (χ3n) is 6.13. The molecule has 0 aliphatic heterocycles. The molecule has 0 saturated carbocycles. The number of methoxy groups -OCH3 is 2. The van der Waals surface area contributed by atoms with Gasteiger partial charge in [-0.25, -0.2) is 4.39 Å². The highest BCUT2D eigenvalue weighted by molar-refractivity contribution is 5.99. The third-order valence-corrected chi connectivity index (χ3v) is 6.13. The molecule has 1 unspecified atom stereocenters. The van der Waals surface area contributed by atoms with E-state index in [1.165, 1.54) is 24.1 Å². The quantitative estimate of drug-likeness (QED) is 0.292. The number of rotatable bonds is 10. The topological polar surface area (TPSA) is 67.9 Å². The predicted octanol–water partition coefficient (Wildman–Crippen LogP) is 5.79. The van der Waals surface area contributed by atoms with E-state index >= 15 is 0 Å². The summed E-state index contributed by atoms with van der Waals surface area (Å²) in [5, 5.41) is 2.93. The fourth-order valence-electron chi connectivity index (χ4n) is 4.19. The predicted molar refractivity (Wildman–Crippen MR) is 144 cm³/mol. The Labute approximate surface area is 221 Å². The first-order valence-corrected chi connectivity index (χ1v) is 12.1. The zero-order valence-electron chi connectivity index (χ0n) is 21.3. The molecule has 0 aliphatic carbocycles. The molecule has 1 atom stereocenters. The number of hydrogen-bond acceptors (Lipinski definition) is 4. The Morgan fingerprint density at radius 2 is 1.47 bits per heavy atom. The van der Waals surface area contributed by atoms with Crippen LogP contribution in [0.1, 0.15) is 22.7 Å². The van der Waals surface area contributed by atoms with Gasteiger partial charge in [0.1, 0.15) is 23.4 Å². The molecule has 0 radical (unpaired) electrons. The molecule has 4 aromatic rings. The summed E-state index contributed by atoms with van der Waals surface area (Å²) in [6.45, 7) is 0.110. The Balaban J connectivity index is 1.73. The zero-order valence-corrected chi connectivity index (χ0v) is 21.3. The minimum atomic E-state index is -0.968. The van der Waals surface area contributed by atoms with Gasteiger partial charge in [0, 0.05) is 12.6 Å². The van der Waals surface area contributed by atoms with E-state index in [-0.39, 0.29) is 24.7 Å². The molecule has 0 aromatic heterocycles. The molecule has 2 amide bonds. The highest BCUT2D eigenvalue weighted by Gasteiger charge is 2.32. The second kappa shape index (κ2) is 12.5. The van der Waals surface area contributed by atoms with Crippen LogP contribution in [0.15, 0.2) is 103 Å². The van der Waals surface area contributed by atoms with E-state index in [9.17, 15) is 14.0 Å². The Hall–Kier alpha value is -4.65. The van der Waals surface area contributed by atoms with Crippen molar-refractivity contribution < 1.29 is 23.5 Å². The highest BCUT2D eigenvalue weighted by Crippen LogP contribution is 2.32. The van der Waals surface area contributed by atoms with Crippen LogP contribution in [0.3, 0.4) is 0 Å².